The Kier molecular flexibility index (Phi) is 4.63. The van der Waals surface area contributed by atoms with Crippen LogP contribution in [0.4, 0.5) is 0 Å². The lowest BCUT2D eigenvalue weighted by molar-refractivity contribution is -0.0339. The quantitative estimate of drug-likeness (QED) is 0.885. The molecule has 4 nitrogen and oxygen atoms in total. The van der Waals surface area contributed by atoms with Crippen molar-refractivity contribution in [3.63, 3.8) is 0 Å². The van der Waals surface area contributed by atoms with Gasteiger partial charge >= 0.3 is 0 Å². The van der Waals surface area contributed by atoms with E-state index in [0.29, 0.717) is 6.42 Å². The topological polar surface area (TPSA) is 41.3 Å². The molecular formula is C15H27N3O. The first kappa shape index (κ1) is 14.5. The second kappa shape index (κ2) is 6.06. The van der Waals surface area contributed by atoms with Gasteiger partial charge in [0.1, 0.15) is 5.82 Å². The Labute approximate surface area is 116 Å². The van der Waals surface area contributed by atoms with E-state index in [1.807, 2.05) is 17.8 Å². The van der Waals surface area contributed by atoms with Gasteiger partial charge in [0.2, 0.25) is 0 Å². The van der Waals surface area contributed by atoms with E-state index in [2.05, 4.69) is 23.7 Å². The monoisotopic (exact) mass is 265 g/mol. The summed E-state index contributed by atoms with van der Waals surface area (Å²) in [4.78, 5) is 6.81. The predicted octanol–water partition coefficient (Wildman–Crippen LogP) is 1.98. The van der Waals surface area contributed by atoms with Crippen LogP contribution in [0, 0.1) is 0 Å². The molecule has 2 rings (SSSR count). The zero-order chi connectivity index (χ0) is 13.9. The Hall–Kier alpha value is -0.870. The van der Waals surface area contributed by atoms with Crippen molar-refractivity contribution in [3.8, 4) is 0 Å². The maximum absolute atomic E-state index is 10.7. The highest BCUT2D eigenvalue weighted by Gasteiger charge is 2.38. The van der Waals surface area contributed by atoms with Crippen LogP contribution in [0.25, 0.3) is 0 Å². The summed E-state index contributed by atoms with van der Waals surface area (Å²) in [6.07, 6.45) is 8.81. The van der Waals surface area contributed by atoms with E-state index in [-0.39, 0.29) is 11.6 Å². The van der Waals surface area contributed by atoms with Crippen molar-refractivity contribution in [2.24, 2.45) is 7.05 Å². The summed E-state index contributed by atoms with van der Waals surface area (Å²) in [5, 5.41) is 10.7. The molecule has 0 aliphatic carbocycles. The smallest absolute Gasteiger partial charge is 0.111 e. The Morgan fingerprint density at radius 2 is 2.05 bits per heavy atom. The molecule has 0 radical (unpaired) electrons. The normalized spacial score (nSPS) is 22.1. The molecule has 1 aliphatic rings. The predicted molar refractivity (Wildman–Crippen MR) is 77.0 cm³/mol. The van der Waals surface area contributed by atoms with Crippen LogP contribution >= 0.6 is 0 Å². The highest BCUT2D eigenvalue weighted by molar-refractivity contribution is 5.01. The van der Waals surface area contributed by atoms with Gasteiger partial charge in [-0.15, -0.1) is 0 Å². The molecule has 0 amide bonds. The Bertz CT molecular complexity index is 398. The maximum Gasteiger partial charge on any atom is 0.111 e. The van der Waals surface area contributed by atoms with Crippen molar-refractivity contribution in [2.45, 2.75) is 57.6 Å². The summed E-state index contributed by atoms with van der Waals surface area (Å²) in [7, 11) is 1.99. The number of imidazole rings is 1. The maximum atomic E-state index is 10.7. The van der Waals surface area contributed by atoms with Crippen LogP contribution < -0.4 is 0 Å². The van der Waals surface area contributed by atoms with E-state index < -0.39 is 0 Å². The molecule has 2 atom stereocenters. The summed E-state index contributed by atoms with van der Waals surface area (Å²) in [6.45, 7) is 6.60. The number of rotatable bonds is 5. The first-order valence-corrected chi connectivity index (χ1v) is 7.47. The van der Waals surface area contributed by atoms with Crippen molar-refractivity contribution < 1.29 is 5.11 Å². The molecule has 2 heterocycles. The van der Waals surface area contributed by atoms with Gasteiger partial charge in [-0.25, -0.2) is 4.98 Å². The minimum Gasteiger partial charge on any atom is -0.391 e. The molecule has 1 saturated heterocycles. The fourth-order valence-electron chi connectivity index (χ4n) is 3.06. The van der Waals surface area contributed by atoms with Crippen molar-refractivity contribution in [2.75, 3.05) is 13.1 Å². The Morgan fingerprint density at radius 1 is 1.37 bits per heavy atom. The Morgan fingerprint density at radius 3 is 2.58 bits per heavy atom. The zero-order valence-electron chi connectivity index (χ0n) is 12.5. The summed E-state index contributed by atoms with van der Waals surface area (Å²) >= 11 is 0. The third-order valence-electron chi connectivity index (χ3n) is 4.81. The lowest BCUT2D eigenvalue weighted by Crippen LogP contribution is -2.56. The summed E-state index contributed by atoms with van der Waals surface area (Å²) in [5.74, 6) is 0.962. The van der Waals surface area contributed by atoms with Gasteiger partial charge in [-0.2, -0.15) is 0 Å². The van der Waals surface area contributed by atoms with Crippen LogP contribution in [0.1, 0.15) is 45.4 Å². The molecule has 19 heavy (non-hydrogen) atoms. The van der Waals surface area contributed by atoms with Gasteiger partial charge in [0.05, 0.1) is 6.10 Å². The first-order chi connectivity index (χ1) is 9.08. The summed E-state index contributed by atoms with van der Waals surface area (Å²) in [6, 6.07) is 0. The molecule has 0 bridgehead atoms. The number of aliphatic hydroxyl groups excluding tert-OH is 1. The van der Waals surface area contributed by atoms with E-state index in [0.717, 1.165) is 25.3 Å². The number of aromatic nitrogens is 2. The standard InChI is InChI=1S/C15H27N3O/c1-4-15(2,18-9-6-5-7-10-18)13(19)12-14-16-8-11-17(14)3/h8,11,13,19H,4-7,9-10,12H2,1-3H3. The van der Waals surface area contributed by atoms with Crippen molar-refractivity contribution in [1.29, 1.82) is 0 Å². The highest BCUT2D eigenvalue weighted by Crippen LogP contribution is 2.28. The van der Waals surface area contributed by atoms with Gasteiger partial charge in [0.15, 0.2) is 0 Å². The van der Waals surface area contributed by atoms with Gasteiger partial charge in [-0.05, 0) is 39.3 Å². The van der Waals surface area contributed by atoms with E-state index >= 15 is 0 Å². The molecule has 1 aliphatic heterocycles. The SMILES string of the molecule is CCC(C)(C(O)Cc1nccn1C)N1CCCCC1. The van der Waals surface area contributed by atoms with Gasteiger partial charge in [-0.1, -0.05) is 13.3 Å². The summed E-state index contributed by atoms with van der Waals surface area (Å²) in [5.41, 5.74) is -0.133. The number of hydrogen-bond donors (Lipinski definition) is 1. The van der Waals surface area contributed by atoms with E-state index in [1.165, 1.54) is 19.3 Å². The zero-order valence-corrected chi connectivity index (χ0v) is 12.5. The van der Waals surface area contributed by atoms with Crippen LogP contribution in [-0.4, -0.2) is 44.3 Å². The van der Waals surface area contributed by atoms with Crippen LogP contribution in [0.3, 0.4) is 0 Å². The van der Waals surface area contributed by atoms with Gasteiger partial charge < -0.3 is 9.67 Å². The average molecular weight is 265 g/mol. The number of likely N-dealkylation sites (tertiary alicyclic amines) is 1. The van der Waals surface area contributed by atoms with Crippen LogP contribution in [-0.2, 0) is 13.5 Å². The minimum absolute atomic E-state index is 0.133. The average Bonchev–Trinajstić information content (AvgIpc) is 2.84. The minimum atomic E-state index is -0.364. The number of nitrogens with zero attached hydrogens (tertiary/aromatic N) is 3. The number of hydrogen-bond acceptors (Lipinski definition) is 3. The third kappa shape index (κ3) is 3.00. The first-order valence-electron chi connectivity index (χ1n) is 7.47. The lowest BCUT2D eigenvalue weighted by atomic mass is 9.85. The second-order valence-corrected chi connectivity index (χ2v) is 5.93. The van der Waals surface area contributed by atoms with Crippen molar-refractivity contribution in [3.05, 3.63) is 18.2 Å². The molecule has 1 fully saturated rings. The molecule has 108 valence electrons. The number of piperidine rings is 1. The Balaban J connectivity index is 2.08. The molecule has 1 aromatic rings. The molecular weight excluding hydrogens is 238 g/mol. The molecule has 0 aromatic carbocycles. The fourth-order valence-corrected chi connectivity index (χ4v) is 3.06. The highest BCUT2D eigenvalue weighted by atomic mass is 16.3. The van der Waals surface area contributed by atoms with Crippen LogP contribution in [0.15, 0.2) is 12.4 Å². The van der Waals surface area contributed by atoms with Gasteiger partial charge in [0, 0.05) is 31.4 Å². The fraction of sp³-hybridized carbons (Fsp3) is 0.800. The number of aryl methyl sites for hydroxylation is 1. The summed E-state index contributed by atoms with van der Waals surface area (Å²) < 4.78 is 2.00. The van der Waals surface area contributed by atoms with Crippen molar-refractivity contribution in [1.82, 2.24) is 14.5 Å². The number of aliphatic hydroxyl groups is 1. The molecule has 4 heteroatoms. The van der Waals surface area contributed by atoms with E-state index in [1.54, 1.807) is 6.20 Å². The van der Waals surface area contributed by atoms with Crippen molar-refractivity contribution >= 4 is 0 Å². The third-order valence-corrected chi connectivity index (χ3v) is 4.81. The van der Waals surface area contributed by atoms with Crippen LogP contribution in [0.2, 0.25) is 0 Å². The second-order valence-electron chi connectivity index (χ2n) is 5.93. The van der Waals surface area contributed by atoms with E-state index in [4.69, 9.17) is 0 Å². The van der Waals surface area contributed by atoms with E-state index in [9.17, 15) is 5.11 Å². The molecule has 2 unspecified atom stereocenters. The molecule has 1 aromatic heterocycles. The van der Waals surface area contributed by atoms with Gasteiger partial charge in [0.25, 0.3) is 0 Å². The molecule has 0 saturated carbocycles. The largest absolute Gasteiger partial charge is 0.391 e. The lowest BCUT2D eigenvalue weighted by Gasteiger charge is -2.46. The molecule has 0 spiro atoms. The van der Waals surface area contributed by atoms with Crippen LogP contribution in [0.5, 0.6) is 0 Å². The van der Waals surface area contributed by atoms with Gasteiger partial charge in [-0.3, -0.25) is 4.90 Å². The molecule has 1 N–H and O–H groups in total.